The van der Waals surface area contributed by atoms with Crippen molar-refractivity contribution < 1.29 is 75.8 Å². The number of rotatable bonds is 50. The molecular weight excluding hydrogens is 787 g/mol. The maximum atomic E-state index is 6.60. The van der Waals surface area contributed by atoms with E-state index in [9.17, 15) is 0 Å². The predicted molar refractivity (Wildman–Crippen MR) is 212 cm³/mol. The van der Waals surface area contributed by atoms with Crippen LogP contribution in [0, 0.1) is 0 Å². The Bertz CT molecular complexity index is 658. The summed E-state index contributed by atoms with van der Waals surface area (Å²) >= 11 is 13.2. The van der Waals surface area contributed by atoms with E-state index in [1.807, 2.05) is 0 Å². The largest absolute Gasteiger partial charge is 0.382 e. The zero-order valence-electron chi connectivity index (χ0n) is 33.8. The minimum Gasteiger partial charge on any atom is -0.382 e. The zero-order chi connectivity index (χ0) is 39.9. The summed E-state index contributed by atoms with van der Waals surface area (Å²) in [6, 6.07) is 1.56. The van der Waals surface area contributed by atoms with Crippen LogP contribution in [-0.2, 0) is 75.8 Å². The van der Waals surface area contributed by atoms with Gasteiger partial charge in [0.25, 0.3) is 6.69 Å². The van der Waals surface area contributed by atoms with Gasteiger partial charge in [0.1, 0.15) is 0 Å². The third-order valence-corrected chi connectivity index (χ3v) is 11.4. The van der Waals surface area contributed by atoms with Crippen LogP contribution >= 0.6 is 22.2 Å². The van der Waals surface area contributed by atoms with Crippen molar-refractivity contribution in [1.29, 1.82) is 0 Å². The molecule has 0 bridgehead atoms. The molecule has 0 heterocycles. The third kappa shape index (κ3) is 50.2. The molecule has 0 rings (SSSR count). The van der Waals surface area contributed by atoms with Crippen LogP contribution in [0.3, 0.4) is 0 Å². The molecule has 55 heavy (non-hydrogen) atoms. The Morgan fingerprint density at radius 1 is 0.236 bits per heavy atom. The first kappa shape index (κ1) is 55.2. The Balaban J connectivity index is 3.23. The standard InChI is InChI=1S/C36H74Cl2O16Si/c1-39-7-9-43-15-17-47-23-25-51-31-33-53-29-27-49-21-19-45-13-11-41-5-3-35-55(37,38)36-4-6-42-12-14-46-20-22-50-28-30-54-34-32-52-26-24-48-18-16-44-10-8-40-2/h3-36H2,1-2H3. The molecule has 0 aliphatic carbocycles. The van der Waals surface area contributed by atoms with Crippen LogP contribution in [-0.4, -0.2) is 219 Å². The molecule has 0 fully saturated rings. The van der Waals surface area contributed by atoms with Crippen molar-refractivity contribution in [3.63, 3.8) is 0 Å². The summed E-state index contributed by atoms with van der Waals surface area (Å²) in [5, 5.41) is 0. The Hall–Kier alpha value is 0.157. The number of ether oxygens (including phenoxy) is 16. The van der Waals surface area contributed by atoms with Crippen LogP contribution in [0.25, 0.3) is 0 Å². The van der Waals surface area contributed by atoms with Gasteiger partial charge in [-0.05, 0) is 24.9 Å². The fraction of sp³-hybridized carbons (Fsp3) is 1.00. The Morgan fingerprint density at radius 2 is 0.382 bits per heavy atom. The highest BCUT2D eigenvalue weighted by Gasteiger charge is 2.27. The molecule has 332 valence electrons. The molecule has 19 heteroatoms. The minimum absolute atomic E-state index is 0.505. The molecular formula is C36H74Cl2O16Si. The molecule has 0 aromatic carbocycles. The molecule has 0 amide bonds. The number of halogens is 2. The van der Waals surface area contributed by atoms with E-state index in [0.717, 1.165) is 24.9 Å². The first-order valence-corrected chi connectivity index (χ1v) is 24.0. The van der Waals surface area contributed by atoms with Crippen LogP contribution in [0.5, 0.6) is 0 Å². The van der Waals surface area contributed by atoms with Gasteiger partial charge in [0, 0.05) is 27.4 Å². The van der Waals surface area contributed by atoms with Gasteiger partial charge in [-0.3, -0.25) is 0 Å². The van der Waals surface area contributed by atoms with E-state index < -0.39 is 6.69 Å². The molecule has 0 N–H and O–H groups in total. The second kappa shape index (κ2) is 48.5. The number of hydrogen-bond acceptors (Lipinski definition) is 16. The zero-order valence-corrected chi connectivity index (χ0v) is 36.3. The van der Waals surface area contributed by atoms with Crippen molar-refractivity contribution in [2.45, 2.75) is 24.9 Å². The van der Waals surface area contributed by atoms with Gasteiger partial charge in [-0.15, -0.1) is 22.2 Å². The second-order valence-corrected chi connectivity index (χ2v) is 19.3. The van der Waals surface area contributed by atoms with Crippen LogP contribution in [0.15, 0.2) is 0 Å². The smallest absolute Gasteiger partial charge is 0.251 e. The van der Waals surface area contributed by atoms with Crippen molar-refractivity contribution in [1.82, 2.24) is 0 Å². The van der Waals surface area contributed by atoms with E-state index in [-0.39, 0.29) is 0 Å². The lowest BCUT2D eigenvalue weighted by Crippen LogP contribution is -2.20. The third-order valence-electron chi connectivity index (χ3n) is 6.99. The van der Waals surface area contributed by atoms with Crippen molar-refractivity contribution in [2.24, 2.45) is 0 Å². The van der Waals surface area contributed by atoms with Gasteiger partial charge in [0.15, 0.2) is 0 Å². The Morgan fingerprint density at radius 3 is 0.545 bits per heavy atom. The molecule has 0 aromatic rings. The fourth-order valence-electron chi connectivity index (χ4n) is 4.12. The summed E-state index contributed by atoms with van der Waals surface area (Å²) in [5.74, 6) is 0. The molecule has 0 aliphatic heterocycles. The summed E-state index contributed by atoms with van der Waals surface area (Å²) < 4.78 is 86.5. The molecule has 0 saturated heterocycles. The van der Waals surface area contributed by atoms with Crippen LogP contribution < -0.4 is 0 Å². The lowest BCUT2D eigenvalue weighted by molar-refractivity contribution is -0.0221. The van der Waals surface area contributed by atoms with Crippen LogP contribution in [0.1, 0.15) is 12.8 Å². The fourth-order valence-corrected chi connectivity index (χ4v) is 7.30. The van der Waals surface area contributed by atoms with Gasteiger partial charge in [0.05, 0.1) is 185 Å². The monoisotopic (exact) mass is 860 g/mol. The number of hydrogen-bond donors (Lipinski definition) is 0. The van der Waals surface area contributed by atoms with Crippen molar-refractivity contribution in [3.8, 4) is 0 Å². The highest BCUT2D eigenvalue weighted by molar-refractivity contribution is 7.45. The van der Waals surface area contributed by atoms with Crippen LogP contribution in [0.4, 0.5) is 0 Å². The molecule has 0 saturated carbocycles. The molecule has 0 atom stereocenters. The van der Waals surface area contributed by atoms with Crippen molar-refractivity contribution in [3.05, 3.63) is 0 Å². The SMILES string of the molecule is COCCOCCOCCOCCOCCOCCOCCOCCC[Si](Cl)(Cl)CCCOCCOCCOCCOCCOCCOCCOCCOC. The average molecular weight is 862 g/mol. The molecule has 0 radical (unpaired) electrons. The van der Waals surface area contributed by atoms with E-state index in [1.54, 1.807) is 14.2 Å². The molecule has 16 nitrogen and oxygen atoms in total. The Labute approximate surface area is 341 Å². The molecule has 0 unspecified atom stereocenters. The Kier molecular flexibility index (Phi) is 48.7. The highest BCUT2D eigenvalue weighted by atomic mass is 35.7. The summed E-state index contributed by atoms with van der Waals surface area (Å²) in [6.07, 6.45) is 1.65. The number of methoxy groups -OCH3 is 2. The summed E-state index contributed by atoms with van der Waals surface area (Å²) in [4.78, 5) is 0. The normalized spacial score (nSPS) is 12.0. The van der Waals surface area contributed by atoms with Crippen molar-refractivity contribution in [2.75, 3.05) is 212 Å². The lowest BCUT2D eigenvalue weighted by atomic mass is 10.5. The van der Waals surface area contributed by atoms with Gasteiger partial charge in [-0.25, -0.2) is 0 Å². The lowest BCUT2D eigenvalue weighted by Gasteiger charge is -2.16. The van der Waals surface area contributed by atoms with Gasteiger partial charge in [-0.2, -0.15) is 0 Å². The first-order valence-electron chi connectivity index (χ1n) is 19.6. The van der Waals surface area contributed by atoms with E-state index in [1.165, 1.54) is 0 Å². The van der Waals surface area contributed by atoms with Crippen molar-refractivity contribution >= 4 is 28.9 Å². The summed E-state index contributed by atoms with van der Waals surface area (Å²) in [5.41, 5.74) is 0. The van der Waals surface area contributed by atoms with Crippen LogP contribution in [0.2, 0.25) is 12.1 Å². The van der Waals surface area contributed by atoms with Gasteiger partial charge < -0.3 is 75.8 Å². The van der Waals surface area contributed by atoms with Gasteiger partial charge >= 0.3 is 0 Å². The molecule has 0 spiro atoms. The van der Waals surface area contributed by atoms with E-state index in [4.69, 9.17) is 97.9 Å². The van der Waals surface area contributed by atoms with Gasteiger partial charge in [0.2, 0.25) is 0 Å². The summed E-state index contributed by atoms with van der Waals surface area (Å²) in [7, 11) is 3.29. The maximum Gasteiger partial charge on any atom is 0.251 e. The van der Waals surface area contributed by atoms with E-state index >= 15 is 0 Å². The average Bonchev–Trinajstić information content (AvgIpc) is 3.18. The van der Waals surface area contributed by atoms with Gasteiger partial charge in [-0.1, -0.05) is 0 Å². The quantitative estimate of drug-likeness (QED) is 0.0501. The molecule has 0 aliphatic rings. The van der Waals surface area contributed by atoms with E-state index in [0.29, 0.717) is 198 Å². The maximum absolute atomic E-state index is 6.60. The highest BCUT2D eigenvalue weighted by Crippen LogP contribution is 2.28. The predicted octanol–water partition coefficient (Wildman–Crippen LogP) is 3.21. The second-order valence-electron chi connectivity index (χ2n) is 11.6. The van der Waals surface area contributed by atoms with E-state index in [2.05, 4.69) is 0 Å². The summed E-state index contributed by atoms with van der Waals surface area (Å²) in [6.45, 7) is 13.7. The first-order chi connectivity index (χ1) is 27.1. The molecule has 0 aromatic heterocycles. The minimum atomic E-state index is -2.31. The topological polar surface area (TPSA) is 148 Å².